The van der Waals surface area contributed by atoms with Crippen LogP contribution in [0, 0.1) is 17.8 Å². The van der Waals surface area contributed by atoms with Crippen LogP contribution in [0.25, 0.3) is 6.08 Å². The van der Waals surface area contributed by atoms with Crippen LogP contribution in [0.2, 0.25) is 0 Å². The monoisotopic (exact) mass is 238 g/mol. The van der Waals surface area contributed by atoms with Gasteiger partial charge in [-0.3, -0.25) is 0 Å². The maximum Gasteiger partial charge on any atom is -0.00391 e. The molecule has 0 radical (unpaired) electrons. The van der Waals surface area contributed by atoms with Crippen molar-refractivity contribution in [2.24, 2.45) is 17.8 Å². The lowest BCUT2D eigenvalue weighted by Crippen LogP contribution is -2.48. The molecule has 18 heavy (non-hydrogen) atoms. The van der Waals surface area contributed by atoms with E-state index in [9.17, 15) is 0 Å². The fourth-order valence-electron chi connectivity index (χ4n) is 5.44. The molecule has 0 saturated heterocycles. The Bertz CT molecular complexity index is 430. The highest BCUT2D eigenvalue weighted by atomic mass is 14.6. The molecule has 0 aromatic heterocycles. The zero-order valence-electron chi connectivity index (χ0n) is 11.1. The topological polar surface area (TPSA) is 0 Å². The van der Waals surface area contributed by atoms with Crippen LogP contribution >= 0.6 is 0 Å². The van der Waals surface area contributed by atoms with Crippen LogP contribution in [0.15, 0.2) is 30.8 Å². The van der Waals surface area contributed by atoms with E-state index in [0.717, 1.165) is 17.8 Å². The number of hydrogen-bond acceptors (Lipinski definition) is 0. The van der Waals surface area contributed by atoms with Crippen molar-refractivity contribution in [2.75, 3.05) is 0 Å². The van der Waals surface area contributed by atoms with Crippen molar-refractivity contribution in [3.05, 3.63) is 42.0 Å². The van der Waals surface area contributed by atoms with Gasteiger partial charge in [0.25, 0.3) is 0 Å². The van der Waals surface area contributed by atoms with Gasteiger partial charge in [-0.2, -0.15) is 0 Å². The van der Waals surface area contributed by atoms with E-state index in [1.807, 2.05) is 6.08 Å². The molecule has 0 unspecified atom stereocenters. The Kier molecular flexibility index (Phi) is 2.24. The van der Waals surface area contributed by atoms with Crippen LogP contribution < -0.4 is 0 Å². The molecule has 4 saturated carbocycles. The molecule has 0 heteroatoms. The molecular weight excluding hydrogens is 216 g/mol. The molecule has 0 aliphatic heterocycles. The minimum absolute atomic E-state index is 0.550. The molecule has 0 heterocycles. The molecule has 4 aliphatic carbocycles. The van der Waals surface area contributed by atoms with E-state index < -0.39 is 0 Å². The van der Waals surface area contributed by atoms with Gasteiger partial charge in [-0.1, -0.05) is 36.9 Å². The van der Waals surface area contributed by atoms with Crippen LogP contribution in [0.5, 0.6) is 0 Å². The quantitative estimate of drug-likeness (QED) is 0.694. The highest BCUT2D eigenvalue weighted by Crippen LogP contribution is 2.60. The highest BCUT2D eigenvalue weighted by Gasteiger charge is 2.51. The summed E-state index contributed by atoms with van der Waals surface area (Å²) in [6.07, 6.45) is 10.9. The Balaban J connectivity index is 1.72. The third kappa shape index (κ3) is 1.51. The highest BCUT2D eigenvalue weighted by molar-refractivity contribution is 5.48. The van der Waals surface area contributed by atoms with Gasteiger partial charge in [-0.25, -0.2) is 0 Å². The first-order valence-electron chi connectivity index (χ1n) is 7.50. The summed E-state index contributed by atoms with van der Waals surface area (Å²) in [5.41, 5.74) is 3.42. The lowest BCUT2D eigenvalue weighted by atomic mass is 9.48. The third-order valence-electron chi connectivity index (χ3n) is 5.80. The zero-order chi connectivity index (χ0) is 12.2. The van der Waals surface area contributed by atoms with E-state index in [-0.39, 0.29) is 0 Å². The average Bonchev–Trinajstić information content (AvgIpc) is 2.37. The fraction of sp³-hybridized carbons (Fsp3) is 0.556. The Hall–Kier alpha value is -1.04. The second kappa shape index (κ2) is 3.73. The average molecular weight is 238 g/mol. The predicted octanol–water partition coefficient (Wildman–Crippen LogP) is 4.80. The first kappa shape index (κ1) is 10.8. The maximum absolute atomic E-state index is 3.85. The van der Waals surface area contributed by atoms with Crippen molar-refractivity contribution in [3.8, 4) is 0 Å². The lowest BCUT2D eigenvalue weighted by Gasteiger charge is -2.57. The predicted molar refractivity (Wildman–Crippen MR) is 76.4 cm³/mol. The van der Waals surface area contributed by atoms with E-state index in [1.54, 1.807) is 5.56 Å². The van der Waals surface area contributed by atoms with Crippen LogP contribution in [-0.2, 0) is 5.41 Å². The maximum atomic E-state index is 3.85. The Morgan fingerprint density at radius 2 is 1.39 bits per heavy atom. The summed E-state index contributed by atoms with van der Waals surface area (Å²) >= 11 is 0. The van der Waals surface area contributed by atoms with E-state index in [1.165, 1.54) is 44.1 Å². The molecule has 0 atom stereocenters. The van der Waals surface area contributed by atoms with Gasteiger partial charge >= 0.3 is 0 Å². The number of benzene rings is 1. The summed E-state index contributed by atoms with van der Waals surface area (Å²) in [6.45, 7) is 3.85. The van der Waals surface area contributed by atoms with E-state index >= 15 is 0 Å². The minimum Gasteiger partial charge on any atom is -0.0985 e. The molecule has 4 bridgehead atoms. The second-order valence-electron chi connectivity index (χ2n) is 7.02. The Morgan fingerprint density at radius 1 is 0.889 bits per heavy atom. The van der Waals surface area contributed by atoms with Gasteiger partial charge in [0.2, 0.25) is 0 Å². The molecule has 94 valence electrons. The van der Waals surface area contributed by atoms with Gasteiger partial charge in [0.15, 0.2) is 0 Å². The number of hydrogen-bond donors (Lipinski definition) is 0. The molecule has 0 nitrogen and oxygen atoms in total. The van der Waals surface area contributed by atoms with Gasteiger partial charge in [0.05, 0.1) is 0 Å². The van der Waals surface area contributed by atoms with Crippen molar-refractivity contribution in [3.63, 3.8) is 0 Å². The third-order valence-corrected chi connectivity index (χ3v) is 5.80. The summed E-state index contributed by atoms with van der Waals surface area (Å²) in [6, 6.07) is 9.26. The van der Waals surface area contributed by atoms with E-state index in [2.05, 4.69) is 30.8 Å². The summed E-state index contributed by atoms with van der Waals surface area (Å²) in [5, 5.41) is 0. The second-order valence-corrected chi connectivity index (χ2v) is 7.02. The normalized spacial score (nSPS) is 41.0. The van der Waals surface area contributed by atoms with Gasteiger partial charge in [-0.15, -0.1) is 0 Å². The summed E-state index contributed by atoms with van der Waals surface area (Å²) in [4.78, 5) is 0. The van der Waals surface area contributed by atoms with Crippen molar-refractivity contribution in [2.45, 2.75) is 43.9 Å². The van der Waals surface area contributed by atoms with Gasteiger partial charge in [0.1, 0.15) is 0 Å². The van der Waals surface area contributed by atoms with Crippen molar-refractivity contribution < 1.29 is 0 Å². The zero-order valence-corrected chi connectivity index (χ0v) is 11.1. The van der Waals surface area contributed by atoms with Crippen LogP contribution in [0.1, 0.15) is 49.7 Å². The van der Waals surface area contributed by atoms with Crippen LogP contribution in [-0.4, -0.2) is 0 Å². The van der Waals surface area contributed by atoms with Gasteiger partial charge in [-0.05, 0) is 72.8 Å². The standard InChI is InChI=1S/C18H22/c1-2-13-3-5-17(6-4-13)18-10-14-7-15(11-18)9-16(8-14)12-18/h2-6,14-16H,1,7-12H2. The van der Waals surface area contributed by atoms with E-state index in [0.29, 0.717) is 5.41 Å². The van der Waals surface area contributed by atoms with Crippen molar-refractivity contribution in [1.29, 1.82) is 0 Å². The first-order valence-corrected chi connectivity index (χ1v) is 7.50. The molecule has 4 fully saturated rings. The Morgan fingerprint density at radius 3 is 1.83 bits per heavy atom. The SMILES string of the molecule is C=Cc1ccc(C23CC4CC(CC(C4)C2)C3)cc1. The number of rotatable bonds is 2. The van der Waals surface area contributed by atoms with Gasteiger partial charge in [0, 0.05) is 0 Å². The molecule has 0 amide bonds. The molecule has 1 aromatic rings. The largest absolute Gasteiger partial charge is 0.0985 e. The molecular formula is C18H22. The summed E-state index contributed by atoms with van der Waals surface area (Å²) in [5.74, 6) is 3.11. The van der Waals surface area contributed by atoms with Crippen molar-refractivity contribution >= 4 is 6.08 Å². The first-order chi connectivity index (χ1) is 8.77. The van der Waals surface area contributed by atoms with Crippen LogP contribution in [0.4, 0.5) is 0 Å². The summed E-state index contributed by atoms with van der Waals surface area (Å²) in [7, 11) is 0. The minimum atomic E-state index is 0.550. The molecule has 0 N–H and O–H groups in total. The smallest absolute Gasteiger partial charge is 0.00391 e. The van der Waals surface area contributed by atoms with Crippen LogP contribution in [0.3, 0.4) is 0 Å². The summed E-state index contributed by atoms with van der Waals surface area (Å²) < 4.78 is 0. The van der Waals surface area contributed by atoms with E-state index in [4.69, 9.17) is 0 Å². The molecule has 4 aliphatic rings. The molecule has 0 spiro atoms. The molecule has 5 rings (SSSR count). The lowest BCUT2D eigenvalue weighted by molar-refractivity contribution is -0.00518. The van der Waals surface area contributed by atoms with Crippen molar-refractivity contribution in [1.82, 2.24) is 0 Å². The Labute approximate surface area is 110 Å². The van der Waals surface area contributed by atoms with Gasteiger partial charge < -0.3 is 0 Å². The fourth-order valence-corrected chi connectivity index (χ4v) is 5.44. The molecule has 1 aromatic carbocycles.